The topological polar surface area (TPSA) is 87.7 Å². The lowest BCUT2D eigenvalue weighted by Crippen LogP contribution is -2.50. The normalized spacial score (nSPS) is 15.1. The smallest absolute Gasteiger partial charge is 0.408 e. The summed E-state index contributed by atoms with van der Waals surface area (Å²) in [6.45, 7) is 11.8. The van der Waals surface area contributed by atoms with Crippen LogP contribution in [0, 0.1) is 13.8 Å². The molecule has 0 saturated heterocycles. The van der Waals surface area contributed by atoms with Gasteiger partial charge in [0.15, 0.2) is 0 Å². The Balaban J connectivity index is 2.31. The molecule has 3 amide bonds. The summed E-state index contributed by atoms with van der Waals surface area (Å²) >= 11 is 0. The fraction of sp³-hybridized carbons (Fsp3) is 0.700. The Labute approximate surface area is 224 Å². The van der Waals surface area contributed by atoms with E-state index in [-0.39, 0.29) is 24.4 Å². The number of ether oxygens (including phenoxy) is 1. The molecule has 1 unspecified atom stereocenters. The van der Waals surface area contributed by atoms with Gasteiger partial charge < -0.3 is 20.3 Å². The Morgan fingerprint density at radius 3 is 2.19 bits per heavy atom. The van der Waals surface area contributed by atoms with E-state index in [4.69, 9.17) is 4.74 Å². The first-order valence-electron chi connectivity index (χ1n) is 14.1. The highest BCUT2D eigenvalue weighted by molar-refractivity contribution is 5.90. The standard InChI is InChI=1S/C30H49N3O4/c1-7-8-9-10-14-17-33(26(34)21-31-29(36)37-30(4,5)6)27(24-19-22(2)18-23(3)20-24)28(35)32-25-15-12-11-13-16-25/h18-20,25,27H,7-17,21H2,1-6H3,(H,31,36)(H,32,35). The zero-order chi connectivity index (χ0) is 27.4. The van der Waals surface area contributed by atoms with Crippen molar-refractivity contribution in [2.75, 3.05) is 13.1 Å². The molecule has 0 radical (unpaired) electrons. The molecule has 7 heteroatoms. The van der Waals surface area contributed by atoms with Gasteiger partial charge in [0.1, 0.15) is 18.2 Å². The summed E-state index contributed by atoms with van der Waals surface area (Å²) in [5.74, 6) is -0.430. The number of unbranched alkanes of at least 4 members (excludes halogenated alkanes) is 4. The maximum Gasteiger partial charge on any atom is 0.408 e. The van der Waals surface area contributed by atoms with Crippen molar-refractivity contribution in [3.8, 4) is 0 Å². The van der Waals surface area contributed by atoms with Gasteiger partial charge in [0.05, 0.1) is 0 Å². The van der Waals surface area contributed by atoms with Crippen molar-refractivity contribution in [3.05, 3.63) is 34.9 Å². The molecule has 0 aliphatic heterocycles. The second-order valence-corrected chi connectivity index (χ2v) is 11.5. The number of amides is 3. The minimum absolute atomic E-state index is 0.135. The Morgan fingerprint density at radius 2 is 1.59 bits per heavy atom. The van der Waals surface area contributed by atoms with Gasteiger partial charge in [0.2, 0.25) is 11.8 Å². The Bertz CT molecular complexity index is 867. The third kappa shape index (κ3) is 11.1. The number of rotatable bonds is 12. The number of alkyl carbamates (subject to hydrolysis) is 1. The maximum atomic E-state index is 13.8. The molecule has 2 N–H and O–H groups in total. The number of benzene rings is 1. The summed E-state index contributed by atoms with van der Waals surface area (Å²) in [6.07, 6.45) is 9.89. The van der Waals surface area contributed by atoms with E-state index in [1.165, 1.54) is 6.42 Å². The molecular weight excluding hydrogens is 466 g/mol. The van der Waals surface area contributed by atoms with Gasteiger partial charge in [0, 0.05) is 12.6 Å². The van der Waals surface area contributed by atoms with E-state index in [9.17, 15) is 14.4 Å². The predicted octanol–water partition coefficient (Wildman–Crippen LogP) is 6.12. The third-order valence-electron chi connectivity index (χ3n) is 6.68. The first-order chi connectivity index (χ1) is 17.5. The number of nitrogens with one attached hydrogen (secondary N) is 2. The molecule has 0 heterocycles. The van der Waals surface area contributed by atoms with Crippen LogP contribution < -0.4 is 10.6 Å². The van der Waals surface area contributed by atoms with Crippen LogP contribution >= 0.6 is 0 Å². The molecule has 1 saturated carbocycles. The largest absolute Gasteiger partial charge is 0.444 e. The van der Waals surface area contributed by atoms with Crippen LogP contribution in [0.2, 0.25) is 0 Å². The summed E-state index contributed by atoms with van der Waals surface area (Å²) in [5, 5.41) is 5.85. The minimum Gasteiger partial charge on any atom is -0.444 e. The first kappa shape index (κ1) is 30.7. The number of hydrogen-bond donors (Lipinski definition) is 2. The number of aryl methyl sites for hydroxylation is 2. The highest BCUT2D eigenvalue weighted by Crippen LogP contribution is 2.26. The van der Waals surface area contributed by atoms with E-state index in [0.29, 0.717) is 6.54 Å². The molecule has 1 atom stereocenters. The molecule has 1 aliphatic carbocycles. The van der Waals surface area contributed by atoms with Crippen molar-refractivity contribution >= 4 is 17.9 Å². The van der Waals surface area contributed by atoms with Crippen molar-refractivity contribution in [2.24, 2.45) is 0 Å². The Kier molecular flexibility index (Phi) is 12.4. The van der Waals surface area contributed by atoms with Crippen LogP contribution in [-0.2, 0) is 14.3 Å². The monoisotopic (exact) mass is 515 g/mol. The van der Waals surface area contributed by atoms with Gasteiger partial charge in [-0.15, -0.1) is 0 Å². The van der Waals surface area contributed by atoms with Crippen LogP contribution in [0.25, 0.3) is 0 Å². The fourth-order valence-corrected chi connectivity index (χ4v) is 5.01. The quantitative estimate of drug-likeness (QED) is 0.328. The van der Waals surface area contributed by atoms with Gasteiger partial charge in [-0.3, -0.25) is 9.59 Å². The van der Waals surface area contributed by atoms with Crippen LogP contribution in [0.1, 0.15) is 115 Å². The Morgan fingerprint density at radius 1 is 0.973 bits per heavy atom. The lowest BCUT2D eigenvalue weighted by atomic mass is 9.94. The van der Waals surface area contributed by atoms with Crippen molar-refractivity contribution in [3.63, 3.8) is 0 Å². The maximum absolute atomic E-state index is 13.8. The SMILES string of the molecule is CCCCCCCN(C(=O)CNC(=O)OC(C)(C)C)C(C(=O)NC1CCCCC1)c1cc(C)cc(C)c1. The van der Waals surface area contributed by atoms with E-state index in [0.717, 1.165) is 74.5 Å². The average Bonchev–Trinajstić information content (AvgIpc) is 2.80. The summed E-state index contributed by atoms with van der Waals surface area (Å²) < 4.78 is 5.32. The van der Waals surface area contributed by atoms with Crippen LogP contribution in [-0.4, -0.2) is 47.5 Å². The van der Waals surface area contributed by atoms with Gasteiger partial charge in [-0.2, -0.15) is 0 Å². The zero-order valence-electron chi connectivity index (χ0n) is 24.0. The number of carbonyl (C=O) groups is 3. The molecule has 1 aromatic rings. The summed E-state index contributed by atoms with van der Waals surface area (Å²) in [5.41, 5.74) is 2.25. The Hall–Kier alpha value is -2.57. The molecule has 208 valence electrons. The predicted molar refractivity (Wildman–Crippen MR) is 148 cm³/mol. The number of hydrogen-bond acceptors (Lipinski definition) is 4. The lowest BCUT2D eigenvalue weighted by Gasteiger charge is -2.34. The second kappa shape index (κ2) is 15.0. The van der Waals surface area contributed by atoms with E-state index in [1.807, 2.05) is 26.0 Å². The second-order valence-electron chi connectivity index (χ2n) is 11.5. The number of carbonyl (C=O) groups excluding carboxylic acids is 3. The average molecular weight is 516 g/mol. The zero-order valence-corrected chi connectivity index (χ0v) is 24.0. The van der Waals surface area contributed by atoms with Crippen LogP contribution in [0.4, 0.5) is 4.79 Å². The number of nitrogens with zero attached hydrogens (tertiary/aromatic N) is 1. The molecule has 2 rings (SSSR count). The molecule has 37 heavy (non-hydrogen) atoms. The molecular formula is C30H49N3O4. The van der Waals surface area contributed by atoms with E-state index < -0.39 is 17.7 Å². The van der Waals surface area contributed by atoms with Crippen LogP contribution in [0.3, 0.4) is 0 Å². The molecule has 1 aromatic carbocycles. The molecule has 1 fully saturated rings. The van der Waals surface area contributed by atoms with Crippen LogP contribution in [0.15, 0.2) is 18.2 Å². The van der Waals surface area contributed by atoms with Gasteiger partial charge >= 0.3 is 6.09 Å². The van der Waals surface area contributed by atoms with Gasteiger partial charge in [-0.1, -0.05) is 81.2 Å². The van der Waals surface area contributed by atoms with Gasteiger partial charge in [-0.25, -0.2) is 4.79 Å². The molecule has 0 bridgehead atoms. The third-order valence-corrected chi connectivity index (χ3v) is 6.68. The van der Waals surface area contributed by atoms with Crippen LogP contribution in [0.5, 0.6) is 0 Å². The van der Waals surface area contributed by atoms with Gasteiger partial charge in [-0.05, 0) is 59.4 Å². The first-order valence-corrected chi connectivity index (χ1v) is 14.1. The lowest BCUT2D eigenvalue weighted by molar-refractivity contribution is -0.140. The molecule has 0 aromatic heterocycles. The van der Waals surface area contributed by atoms with Crippen molar-refractivity contribution in [1.82, 2.24) is 15.5 Å². The summed E-state index contributed by atoms with van der Waals surface area (Å²) in [6, 6.07) is 5.45. The summed E-state index contributed by atoms with van der Waals surface area (Å²) in [4.78, 5) is 41.3. The van der Waals surface area contributed by atoms with E-state index >= 15 is 0 Å². The molecule has 7 nitrogen and oxygen atoms in total. The van der Waals surface area contributed by atoms with Crippen molar-refractivity contribution < 1.29 is 19.1 Å². The van der Waals surface area contributed by atoms with E-state index in [1.54, 1.807) is 25.7 Å². The van der Waals surface area contributed by atoms with Crippen molar-refractivity contribution in [1.29, 1.82) is 0 Å². The highest BCUT2D eigenvalue weighted by atomic mass is 16.6. The molecule has 1 aliphatic rings. The fourth-order valence-electron chi connectivity index (χ4n) is 5.01. The summed E-state index contributed by atoms with van der Waals surface area (Å²) in [7, 11) is 0. The highest BCUT2D eigenvalue weighted by Gasteiger charge is 2.33. The van der Waals surface area contributed by atoms with E-state index in [2.05, 4.69) is 23.6 Å². The van der Waals surface area contributed by atoms with Crippen molar-refractivity contribution in [2.45, 2.75) is 123 Å². The molecule has 0 spiro atoms. The minimum atomic E-state index is -0.750. The van der Waals surface area contributed by atoms with Gasteiger partial charge in [0.25, 0.3) is 0 Å².